The number of nitrogens with zero attached hydrogens (tertiary/aromatic N) is 2. The number of rotatable bonds is 3. The monoisotopic (exact) mass is 320 g/mol. The zero-order valence-corrected chi connectivity index (χ0v) is 12.0. The number of aryl methyl sites for hydroxylation is 1. The third kappa shape index (κ3) is 2.68. The summed E-state index contributed by atoms with van der Waals surface area (Å²) in [6, 6.07) is 5.64. The molecule has 1 aromatic heterocycles. The molecule has 1 saturated carbocycles. The number of aromatic amines is 1. The van der Waals surface area contributed by atoms with Crippen molar-refractivity contribution in [1.29, 1.82) is 0 Å². The third-order valence-electron chi connectivity index (χ3n) is 3.09. The van der Waals surface area contributed by atoms with Crippen molar-refractivity contribution < 1.29 is 4.79 Å². The summed E-state index contributed by atoms with van der Waals surface area (Å²) < 4.78 is 1.01. The lowest BCUT2D eigenvalue weighted by atomic mass is 10.2. The third-order valence-corrected chi connectivity index (χ3v) is 3.98. The van der Waals surface area contributed by atoms with Crippen molar-refractivity contribution >= 4 is 27.5 Å². The molecule has 0 unspecified atom stereocenters. The van der Waals surface area contributed by atoms with Crippen LogP contribution >= 0.6 is 15.9 Å². The van der Waals surface area contributed by atoms with Crippen LogP contribution in [0.2, 0.25) is 0 Å². The lowest BCUT2D eigenvalue weighted by molar-refractivity contribution is 0.101. The Hall–Kier alpha value is -1.69. The van der Waals surface area contributed by atoms with E-state index < -0.39 is 0 Å². The van der Waals surface area contributed by atoms with E-state index in [4.69, 9.17) is 0 Å². The minimum absolute atomic E-state index is 0.197. The van der Waals surface area contributed by atoms with Gasteiger partial charge in [-0.25, -0.2) is 4.98 Å². The first kappa shape index (κ1) is 12.3. The fraction of sp³-hybridized carbons (Fsp3) is 0.308. The number of halogens is 1. The van der Waals surface area contributed by atoms with E-state index >= 15 is 0 Å². The van der Waals surface area contributed by atoms with Crippen molar-refractivity contribution in [3.63, 3.8) is 0 Å². The van der Waals surface area contributed by atoms with E-state index in [0.29, 0.717) is 5.92 Å². The quantitative estimate of drug-likeness (QED) is 0.913. The second-order valence-corrected chi connectivity index (χ2v) is 5.59. The van der Waals surface area contributed by atoms with Gasteiger partial charge < -0.3 is 5.32 Å². The largest absolute Gasteiger partial charge is 0.319 e. The molecule has 2 aromatic rings. The number of carbonyl (C=O) groups is 1. The highest BCUT2D eigenvalue weighted by Crippen LogP contribution is 2.37. The minimum atomic E-state index is -0.287. The number of anilines is 1. The van der Waals surface area contributed by atoms with Crippen LogP contribution in [-0.2, 0) is 0 Å². The van der Waals surface area contributed by atoms with Crippen molar-refractivity contribution in [2.24, 2.45) is 0 Å². The number of hydrogen-bond donors (Lipinski definition) is 2. The summed E-state index contributed by atoms with van der Waals surface area (Å²) in [7, 11) is 0. The highest BCUT2D eigenvalue weighted by molar-refractivity contribution is 9.10. The molecule has 1 fully saturated rings. The molecule has 0 saturated heterocycles. The topological polar surface area (TPSA) is 70.7 Å². The van der Waals surface area contributed by atoms with Gasteiger partial charge in [0.25, 0.3) is 5.91 Å². The summed E-state index contributed by atoms with van der Waals surface area (Å²) in [6.07, 6.45) is 2.25. The van der Waals surface area contributed by atoms with Gasteiger partial charge in [-0.15, -0.1) is 5.10 Å². The molecule has 98 valence electrons. The van der Waals surface area contributed by atoms with E-state index in [1.807, 2.05) is 25.1 Å². The number of H-pyrrole nitrogens is 1. The SMILES string of the molecule is Cc1cc(NC(=O)c2n[nH]c(C3CC3)n2)ccc1Br. The molecule has 0 bridgehead atoms. The zero-order valence-electron chi connectivity index (χ0n) is 10.4. The van der Waals surface area contributed by atoms with Crippen LogP contribution in [0.5, 0.6) is 0 Å². The molecule has 0 spiro atoms. The molecule has 0 aliphatic heterocycles. The fourth-order valence-electron chi connectivity index (χ4n) is 1.82. The molecule has 6 heteroatoms. The van der Waals surface area contributed by atoms with Crippen LogP contribution in [0.25, 0.3) is 0 Å². The minimum Gasteiger partial charge on any atom is -0.319 e. The van der Waals surface area contributed by atoms with Crippen LogP contribution in [0.3, 0.4) is 0 Å². The Morgan fingerprint density at radius 3 is 2.95 bits per heavy atom. The number of benzene rings is 1. The molecule has 0 radical (unpaired) electrons. The van der Waals surface area contributed by atoms with Crippen molar-refractivity contribution in [2.75, 3.05) is 5.32 Å². The van der Waals surface area contributed by atoms with E-state index in [0.717, 1.165) is 34.4 Å². The van der Waals surface area contributed by atoms with E-state index in [2.05, 4.69) is 36.4 Å². The Kier molecular flexibility index (Phi) is 3.10. The summed E-state index contributed by atoms with van der Waals surface area (Å²) in [5.74, 6) is 1.19. The average Bonchev–Trinajstić information content (AvgIpc) is 3.11. The van der Waals surface area contributed by atoms with E-state index in [1.165, 1.54) is 0 Å². The maximum absolute atomic E-state index is 12.0. The summed E-state index contributed by atoms with van der Waals surface area (Å²) in [5.41, 5.74) is 1.80. The van der Waals surface area contributed by atoms with Crippen molar-refractivity contribution in [3.05, 3.63) is 39.9 Å². The van der Waals surface area contributed by atoms with Crippen LogP contribution in [-0.4, -0.2) is 21.1 Å². The number of hydrogen-bond acceptors (Lipinski definition) is 3. The number of carbonyl (C=O) groups excluding carboxylic acids is 1. The molecular formula is C13H13BrN4O. The van der Waals surface area contributed by atoms with Gasteiger partial charge in [-0.05, 0) is 43.5 Å². The normalized spacial score (nSPS) is 14.4. The van der Waals surface area contributed by atoms with Gasteiger partial charge in [-0.1, -0.05) is 15.9 Å². The van der Waals surface area contributed by atoms with Crippen LogP contribution in [0, 0.1) is 6.92 Å². The lowest BCUT2D eigenvalue weighted by Crippen LogP contribution is -2.13. The number of nitrogens with one attached hydrogen (secondary N) is 2. The highest BCUT2D eigenvalue weighted by atomic mass is 79.9. The molecule has 3 rings (SSSR count). The Labute approximate surface area is 119 Å². The Balaban J connectivity index is 1.74. The Bertz CT molecular complexity index is 633. The van der Waals surface area contributed by atoms with Gasteiger partial charge >= 0.3 is 0 Å². The second-order valence-electron chi connectivity index (χ2n) is 4.74. The van der Waals surface area contributed by atoms with Crippen LogP contribution in [0.15, 0.2) is 22.7 Å². The first-order chi connectivity index (χ1) is 9.13. The van der Waals surface area contributed by atoms with Crippen molar-refractivity contribution in [3.8, 4) is 0 Å². The molecule has 19 heavy (non-hydrogen) atoms. The van der Waals surface area contributed by atoms with Crippen LogP contribution < -0.4 is 5.32 Å². The molecule has 2 N–H and O–H groups in total. The van der Waals surface area contributed by atoms with E-state index in [-0.39, 0.29) is 11.7 Å². The highest BCUT2D eigenvalue weighted by Gasteiger charge is 2.28. The molecule has 1 heterocycles. The van der Waals surface area contributed by atoms with Crippen LogP contribution in [0.4, 0.5) is 5.69 Å². The predicted octanol–water partition coefficient (Wildman–Crippen LogP) is 3.01. The standard InChI is InChI=1S/C13H13BrN4O/c1-7-6-9(4-5-10(7)14)15-13(19)12-16-11(17-18-12)8-2-3-8/h4-6,8H,2-3H2,1H3,(H,15,19)(H,16,17,18). The summed E-state index contributed by atoms with van der Waals surface area (Å²) in [4.78, 5) is 16.2. The fourth-order valence-corrected chi connectivity index (χ4v) is 2.07. The second kappa shape index (κ2) is 4.77. The molecular weight excluding hydrogens is 308 g/mol. The maximum atomic E-state index is 12.0. The molecule has 0 atom stereocenters. The van der Waals surface area contributed by atoms with Gasteiger partial charge in [0.1, 0.15) is 5.82 Å². The van der Waals surface area contributed by atoms with E-state index in [9.17, 15) is 4.79 Å². The Morgan fingerprint density at radius 1 is 1.47 bits per heavy atom. The van der Waals surface area contributed by atoms with Gasteiger partial charge in [-0.2, -0.15) is 0 Å². The number of aromatic nitrogens is 3. The van der Waals surface area contributed by atoms with E-state index in [1.54, 1.807) is 0 Å². The van der Waals surface area contributed by atoms with Gasteiger partial charge in [-0.3, -0.25) is 9.89 Å². The smallest absolute Gasteiger partial charge is 0.295 e. The van der Waals surface area contributed by atoms with Gasteiger partial charge in [0.05, 0.1) is 0 Å². The molecule has 1 aliphatic carbocycles. The van der Waals surface area contributed by atoms with Crippen LogP contribution in [0.1, 0.15) is 40.8 Å². The summed E-state index contributed by atoms with van der Waals surface area (Å²) in [5, 5.41) is 9.58. The lowest BCUT2D eigenvalue weighted by Gasteiger charge is -2.04. The molecule has 5 nitrogen and oxygen atoms in total. The summed E-state index contributed by atoms with van der Waals surface area (Å²) in [6.45, 7) is 1.97. The van der Waals surface area contributed by atoms with Crippen molar-refractivity contribution in [1.82, 2.24) is 15.2 Å². The first-order valence-electron chi connectivity index (χ1n) is 6.13. The van der Waals surface area contributed by atoms with Gasteiger partial charge in [0.2, 0.25) is 5.82 Å². The molecule has 1 aliphatic rings. The zero-order chi connectivity index (χ0) is 13.4. The summed E-state index contributed by atoms with van der Waals surface area (Å²) >= 11 is 3.42. The van der Waals surface area contributed by atoms with Gasteiger partial charge in [0, 0.05) is 16.1 Å². The average molecular weight is 321 g/mol. The Morgan fingerprint density at radius 2 is 2.26 bits per heavy atom. The van der Waals surface area contributed by atoms with Crippen molar-refractivity contribution in [2.45, 2.75) is 25.7 Å². The number of amides is 1. The maximum Gasteiger partial charge on any atom is 0.295 e. The van der Waals surface area contributed by atoms with Gasteiger partial charge in [0.15, 0.2) is 0 Å². The first-order valence-corrected chi connectivity index (χ1v) is 6.92. The molecule has 1 aromatic carbocycles. The molecule has 1 amide bonds. The predicted molar refractivity (Wildman–Crippen MR) is 75.2 cm³/mol.